The van der Waals surface area contributed by atoms with Crippen LogP contribution in [0.15, 0.2) is 74.9 Å². The third-order valence-corrected chi connectivity index (χ3v) is 6.80. The Kier molecular flexibility index (Phi) is 5.39. The van der Waals surface area contributed by atoms with E-state index in [-0.39, 0.29) is 19.0 Å². The lowest BCUT2D eigenvalue weighted by Crippen LogP contribution is -2.41. The summed E-state index contributed by atoms with van der Waals surface area (Å²) in [5.41, 5.74) is 0.521. The Morgan fingerprint density at radius 1 is 1.12 bits per heavy atom. The summed E-state index contributed by atoms with van der Waals surface area (Å²) in [5.74, 6) is 0.222. The molecule has 7 nitrogen and oxygen atoms in total. The van der Waals surface area contributed by atoms with Gasteiger partial charge in [-0.05, 0) is 42.8 Å². The number of hydrogen-bond donors (Lipinski definition) is 1. The highest BCUT2D eigenvalue weighted by atomic mass is 35.5. The fourth-order valence-corrected chi connectivity index (χ4v) is 5.13. The fourth-order valence-electron chi connectivity index (χ4n) is 3.83. The van der Waals surface area contributed by atoms with E-state index in [0.717, 1.165) is 14.7 Å². The van der Waals surface area contributed by atoms with Gasteiger partial charge in [-0.25, -0.2) is 9.36 Å². The number of thiophene rings is 1. The number of aromatic nitrogens is 2. The van der Waals surface area contributed by atoms with Gasteiger partial charge in [0.2, 0.25) is 5.91 Å². The molecule has 3 aromatic heterocycles. The van der Waals surface area contributed by atoms with Crippen LogP contribution in [0.1, 0.15) is 11.3 Å². The van der Waals surface area contributed by atoms with Crippen molar-refractivity contribution in [2.75, 3.05) is 0 Å². The van der Waals surface area contributed by atoms with Gasteiger partial charge >= 0.3 is 5.69 Å². The van der Waals surface area contributed by atoms with Crippen molar-refractivity contribution in [2.45, 2.75) is 20.0 Å². The molecule has 5 aromatic rings. The smallest absolute Gasteiger partial charge is 0.336 e. The zero-order valence-corrected chi connectivity index (χ0v) is 19.1. The molecule has 0 atom stereocenters. The van der Waals surface area contributed by atoms with Crippen LogP contribution in [0.25, 0.3) is 26.0 Å². The van der Waals surface area contributed by atoms with Crippen molar-refractivity contribution in [2.24, 2.45) is 0 Å². The maximum atomic E-state index is 13.7. The molecule has 0 aliphatic rings. The topological polar surface area (TPSA) is 86.2 Å². The number of fused-ring (bicyclic) bond motifs is 3. The Hall–Kier alpha value is -3.62. The van der Waals surface area contributed by atoms with Crippen LogP contribution in [0, 0.1) is 6.92 Å². The normalized spacial score (nSPS) is 11.3. The summed E-state index contributed by atoms with van der Waals surface area (Å²) in [7, 11) is 0. The lowest BCUT2D eigenvalue weighted by molar-refractivity contribution is -0.121. The number of aryl methyl sites for hydroxylation is 1. The number of amides is 1. The average molecular weight is 480 g/mol. The van der Waals surface area contributed by atoms with E-state index in [1.54, 1.807) is 37.3 Å². The van der Waals surface area contributed by atoms with Crippen molar-refractivity contribution < 1.29 is 9.21 Å². The molecule has 0 unspecified atom stereocenters. The summed E-state index contributed by atoms with van der Waals surface area (Å²) >= 11 is 7.47. The van der Waals surface area contributed by atoms with Crippen molar-refractivity contribution in [1.29, 1.82) is 0 Å². The maximum absolute atomic E-state index is 13.7. The minimum atomic E-state index is -0.602. The molecule has 3 heterocycles. The van der Waals surface area contributed by atoms with Crippen molar-refractivity contribution in [3.8, 4) is 5.69 Å². The Morgan fingerprint density at radius 2 is 1.94 bits per heavy atom. The van der Waals surface area contributed by atoms with Crippen LogP contribution in [0.5, 0.6) is 0 Å². The van der Waals surface area contributed by atoms with Crippen molar-refractivity contribution in [1.82, 2.24) is 14.5 Å². The molecular formula is C24H18ClN3O4S. The largest absolute Gasteiger partial charge is 0.467 e. The number of nitrogens with zero attached hydrogens (tertiary/aromatic N) is 2. The first-order chi connectivity index (χ1) is 15.9. The van der Waals surface area contributed by atoms with Crippen LogP contribution < -0.4 is 16.6 Å². The minimum absolute atomic E-state index is 0.196. The lowest BCUT2D eigenvalue weighted by Gasteiger charge is -2.14. The zero-order chi connectivity index (χ0) is 23.1. The molecule has 0 aliphatic heterocycles. The lowest BCUT2D eigenvalue weighted by atomic mass is 10.2. The molecule has 0 bridgehead atoms. The molecule has 0 saturated heterocycles. The summed E-state index contributed by atoms with van der Waals surface area (Å²) in [6.07, 6.45) is 1.52. The number of nitrogens with one attached hydrogen (secondary N) is 1. The van der Waals surface area contributed by atoms with E-state index in [4.69, 9.17) is 16.0 Å². The summed E-state index contributed by atoms with van der Waals surface area (Å²) in [4.78, 5) is 40.0. The van der Waals surface area contributed by atoms with Gasteiger partial charge in [0.25, 0.3) is 5.56 Å². The molecule has 2 aromatic carbocycles. The highest BCUT2D eigenvalue weighted by Crippen LogP contribution is 2.31. The number of hydrogen-bond acceptors (Lipinski definition) is 5. The third-order valence-electron chi connectivity index (χ3n) is 5.41. The molecule has 5 rings (SSSR count). The number of furan rings is 1. The minimum Gasteiger partial charge on any atom is -0.467 e. The molecular weight excluding hydrogens is 462 g/mol. The first-order valence-electron chi connectivity index (χ1n) is 10.2. The molecule has 0 aliphatic carbocycles. The number of rotatable bonds is 5. The van der Waals surface area contributed by atoms with Crippen molar-refractivity contribution in [3.63, 3.8) is 0 Å². The molecule has 0 spiro atoms. The van der Waals surface area contributed by atoms with Gasteiger partial charge in [-0.15, -0.1) is 11.3 Å². The Balaban J connectivity index is 1.72. The van der Waals surface area contributed by atoms with Gasteiger partial charge in [0.1, 0.15) is 17.0 Å². The number of halogens is 1. The quantitative estimate of drug-likeness (QED) is 0.408. The molecule has 166 valence electrons. The van der Waals surface area contributed by atoms with E-state index in [0.29, 0.717) is 32.3 Å². The van der Waals surface area contributed by atoms with Crippen molar-refractivity contribution >= 4 is 49.1 Å². The van der Waals surface area contributed by atoms with Gasteiger partial charge in [0.15, 0.2) is 0 Å². The molecule has 1 N–H and O–H groups in total. The van der Waals surface area contributed by atoms with E-state index < -0.39 is 11.2 Å². The molecule has 0 saturated carbocycles. The van der Waals surface area contributed by atoms with Gasteiger partial charge in [-0.1, -0.05) is 35.9 Å². The van der Waals surface area contributed by atoms with Crippen LogP contribution >= 0.6 is 22.9 Å². The molecule has 33 heavy (non-hydrogen) atoms. The monoisotopic (exact) mass is 479 g/mol. The van der Waals surface area contributed by atoms with Gasteiger partial charge < -0.3 is 9.73 Å². The van der Waals surface area contributed by atoms with Crippen LogP contribution in [-0.2, 0) is 17.9 Å². The Labute approximate surface area is 196 Å². The first-order valence-corrected chi connectivity index (χ1v) is 11.4. The van der Waals surface area contributed by atoms with Gasteiger partial charge in [-0.3, -0.25) is 14.2 Å². The zero-order valence-electron chi connectivity index (χ0n) is 17.5. The van der Waals surface area contributed by atoms with E-state index in [9.17, 15) is 14.4 Å². The second-order valence-electron chi connectivity index (χ2n) is 7.57. The second-order valence-corrected chi connectivity index (χ2v) is 9.06. The Bertz CT molecular complexity index is 1630. The summed E-state index contributed by atoms with van der Waals surface area (Å²) < 4.78 is 8.95. The standard InChI is InChI=1S/C24H18ClN3O4S/c1-14-8-9-15(25)11-18(14)28-23(30)22-21(17-6-2-3-7-19(17)33-22)27(24(28)31)13-20(29)26-12-16-5-4-10-32-16/h2-11H,12-13H2,1H3,(H,26,29). The fraction of sp³-hybridized carbons (Fsp3) is 0.125. The van der Waals surface area contributed by atoms with E-state index in [2.05, 4.69) is 5.32 Å². The van der Waals surface area contributed by atoms with E-state index in [1.807, 2.05) is 24.3 Å². The second kappa shape index (κ2) is 8.38. The maximum Gasteiger partial charge on any atom is 0.336 e. The number of benzene rings is 2. The van der Waals surface area contributed by atoms with Crippen molar-refractivity contribution in [3.05, 3.63) is 98.0 Å². The summed E-state index contributed by atoms with van der Waals surface area (Å²) in [5, 5.41) is 3.92. The Morgan fingerprint density at radius 3 is 2.73 bits per heavy atom. The summed E-state index contributed by atoms with van der Waals surface area (Å²) in [6.45, 7) is 1.74. The molecule has 0 radical (unpaired) electrons. The van der Waals surface area contributed by atoms with E-state index >= 15 is 0 Å². The van der Waals surface area contributed by atoms with Crippen LogP contribution in [0.2, 0.25) is 5.02 Å². The molecule has 0 fully saturated rings. The van der Waals surface area contributed by atoms with Crippen LogP contribution in [0.3, 0.4) is 0 Å². The highest BCUT2D eigenvalue weighted by Gasteiger charge is 2.21. The molecule has 9 heteroatoms. The van der Waals surface area contributed by atoms with Gasteiger partial charge in [-0.2, -0.15) is 0 Å². The highest BCUT2D eigenvalue weighted by molar-refractivity contribution is 7.25. The van der Waals surface area contributed by atoms with Crippen LogP contribution in [0.4, 0.5) is 0 Å². The van der Waals surface area contributed by atoms with Gasteiger partial charge in [0.05, 0.1) is 24.0 Å². The SMILES string of the molecule is Cc1ccc(Cl)cc1-n1c(=O)c2sc3ccccc3c2n(CC(=O)NCc2ccco2)c1=O. The average Bonchev–Trinajstić information content (AvgIpc) is 3.46. The summed E-state index contributed by atoms with van der Waals surface area (Å²) in [6, 6.07) is 16.0. The third kappa shape index (κ3) is 3.77. The molecule has 1 amide bonds. The van der Waals surface area contributed by atoms with Gasteiger partial charge in [0, 0.05) is 15.1 Å². The first kappa shape index (κ1) is 21.2. The predicted molar refractivity (Wildman–Crippen MR) is 129 cm³/mol. The predicted octanol–water partition coefficient (Wildman–Crippen LogP) is 4.24. The van der Waals surface area contributed by atoms with Crippen LogP contribution in [-0.4, -0.2) is 15.0 Å². The number of carbonyl (C=O) groups is 1. The van der Waals surface area contributed by atoms with E-state index in [1.165, 1.54) is 22.2 Å². The number of carbonyl (C=O) groups excluding carboxylic acids is 1.